The molecule has 28 heavy (non-hydrogen) atoms. The third-order valence-corrected chi connectivity index (χ3v) is 8.05. The molecule has 8 heteroatoms. The average Bonchev–Trinajstić information content (AvgIpc) is 2.94. The van der Waals surface area contributed by atoms with Crippen LogP contribution >= 0.6 is 11.8 Å². The summed E-state index contributed by atoms with van der Waals surface area (Å²) < 4.78 is 19.2. The Morgan fingerprint density at radius 3 is 2.64 bits per heavy atom. The van der Waals surface area contributed by atoms with Gasteiger partial charge in [0.2, 0.25) is 5.91 Å². The van der Waals surface area contributed by atoms with Gasteiger partial charge in [-0.05, 0) is 71.1 Å². The van der Waals surface area contributed by atoms with E-state index in [9.17, 15) is 14.0 Å². The molecule has 2 amide bonds. The first-order valence-electron chi connectivity index (χ1n) is 10.6. The number of alkyl halides is 1. The van der Waals surface area contributed by atoms with Crippen LogP contribution in [0.3, 0.4) is 0 Å². The molecule has 0 aromatic rings. The van der Waals surface area contributed by atoms with E-state index in [1.54, 1.807) is 11.8 Å². The third kappa shape index (κ3) is 4.13. The Labute approximate surface area is 170 Å². The lowest BCUT2D eigenvalue weighted by molar-refractivity contribution is -0.130. The van der Waals surface area contributed by atoms with Crippen molar-refractivity contribution in [2.45, 2.75) is 93.9 Å². The molecular weight excluding hydrogens is 381 g/mol. The van der Waals surface area contributed by atoms with Crippen molar-refractivity contribution in [1.82, 2.24) is 15.5 Å². The second-order valence-corrected chi connectivity index (χ2v) is 10.9. The fraction of sp³-hybridized carbons (Fsp3) is 0.900. The number of nitrogens with one attached hydrogen (secondary N) is 2. The lowest BCUT2D eigenvalue weighted by atomic mass is 9.68. The molecule has 2 heterocycles. The zero-order valence-electron chi connectivity index (χ0n) is 16.9. The molecule has 2 N–H and O–H groups in total. The number of thioether (sulfide) groups is 1. The summed E-state index contributed by atoms with van der Waals surface area (Å²) in [5.74, 6) is 0.917. The summed E-state index contributed by atoms with van der Waals surface area (Å²) in [7, 11) is 0. The topological polar surface area (TPSA) is 70.7 Å². The van der Waals surface area contributed by atoms with Crippen molar-refractivity contribution >= 4 is 23.8 Å². The van der Waals surface area contributed by atoms with Gasteiger partial charge in [-0.15, -0.1) is 11.8 Å². The normalized spacial score (nSPS) is 40.1. The van der Waals surface area contributed by atoms with Crippen molar-refractivity contribution in [2.24, 2.45) is 11.8 Å². The highest BCUT2D eigenvalue weighted by Crippen LogP contribution is 2.48. The van der Waals surface area contributed by atoms with E-state index in [0.29, 0.717) is 48.9 Å². The number of halogens is 1. The van der Waals surface area contributed by atoms with E-state index >= 15 is 0 Å². The summed E-state index contributed by atoms with van der Waals surface area (Å²) in [5.41, 5.74) is -0.702. The van der Waals surface area contributed by atoms with Gasteiger partial charge in [-0.3, -0.25) is 15.0 Å². The molecule has 2 saturated carbocycles. The fourth-order valence-electron chi connectivity index (χ4n) is 5.12. The number of hydrogen-bond acceptors (Lipinski definition) is 5. The van der Waals surface area contributed by atoms with Crippen LogP contribution in [-0.2, 0) is 9.53 Å². The van der Waals surface area contributed by atoms with Gasteiger partial charge < -0.3 is 10.1 Å². The van der Waals surface area contributed by atoms with Crippen molar-refractivity contribution in [3.63, 3.8) is 0 Å². The molecule has 2 aliphatic carbocycles. The van der Waals surface area contributed by atoms with E-state index < -0.39 is 23.9 Å². The molecule has 2 aliphatic heterocycles. The molecule has 0 bridgehead atoms. The van der Waals surface area contributed by atoms with Crippen LogP contribution in [0.4, 0.5) is 9.18 Å². The van der Waals surface area contributed by atoms with Gasteiger partial charge in [-0.2, -0.15) is 0 Å². The molecule has 0 aromatic carbocycles. The van der Waals surface area contributed by atoms with Crippen LogP contribution in [0, 0.1) is 11.8 Å². The summed E-state index contributed by atoms with van der Waals surface area (Å²) in [4.78, 5) is 26.5. The van der Waals surface area contributed by atoms with E-state index in [2.05, 4.69) is 10.6 Å². The van der Waals surface area contributed by atoms with Crippen LogP contribution in [0.1, 0.15) is 59.3 Å². The number of nitrogens with zero attached hydrogens (tertiary/aromatic N) is 1. The zero-order chi connectivity index (χ0) is 20.1. The first kappa shape index (κ1) is 20.3. The van der Waals surface area contributed by atoms with Gasteiger partial charge in [0.1, 0.15) is 23.3 Å². The zero-order valence-corrected chi connectivity index (χ0v) is 17.8. The summed E-state index contributed by atoms with van der Waals surface area (Å²) in [6, 6.07) is -0.0642. The van der Waals surface area contributed by atoms with Crippen molar-refractivity contribution in [3.8, 4) is 0 Å². The van der Waals surface area contributed by atoms with E-state index in [0.717, 1.165) is 19.3 Å². The Balaban J connectivity index is 1.31. The molecular formula is C20H32FN3O3S. The first-order valence-corrected chi connectivity index (χ1v) is 11.5. The number of amides is 2. The number of hydrogen-bond donors (Lipinski definition) is 2. The van der Waals surface area contributed by atoms with Crippen LogP contribution in [0.15, 0.2) is 0 Å². The highest BCUT2D eigenvalue weighted by molar-refractivity contribution is 8.00. The van der Waals surface area contributed by atoms with E-state index in [1.807, 2.05) is 20.8 Å². The monoisotopic (exact) mass is 413 g/mol. The maximum Gasteiger partial charge on any atom is 0.410 e. The summed E-state index contributed by atoms with van der Waals surface area (Å²) in [6.07, 6.45) is 4.07. The Kier molecular flexibility index (Phi) is 5.55. The molecule has 4 rings (SSSR count). The fourth-order valence-corrected chi connectivity index (χ4v) is 6.83. The maximum absolute atomic E-state index is 13.8. The molecule has 6 unspecified atom stereocenters. The summed E-state index contributed by atoms with van der Waals surface area (Å²) in [5, 5.41) is 7.08. The van der Waals surface area contributed by atoms with Gasteiger partial charge in [0.15, 0.2) is 0 Å². The second-order valence-electron chi connectivity index (χ2n) is 9.65. The molecule has 4 fully saturated rings. The molecule has 0 radical (unpaired) electrons. The van der Waals surface area contributed by atoms with Gasteiger partial charge in [-0.25, -0.2) is 9.18 Å². The number of fused-ring (bicyclic) bond motifs is 3. The van der Waals surface area contributed by atoms with E-state index in [4.69, 9.17) is 4.74 Å². The van der Waals surface area contributed by atoms with Crippen LogP contribution in [0.25, 0.3) is 0 Å². The highest BCUT2D eigenvalue weighted by atomic mass is 32.2. The Morgan fingerprint density at radius 1 is 1.18 bits per heavy atom. The number of ether oxygens (including phenoxy) is 1. The van der Waals surface area contributed by atoms with Gasteiger partial charge in [0.05, 0.1) is 0 Å². The van der Waals surface area contributed by atoms with Gasteiger partial charge >= 0.3 is 6.09 Å². The first-order chi connectivity index (χ1) is 13.2. The van der Waals surface area contributed by atoms with Crippen LogP contribution in [-0.4, -0.2) is 58.0 Å². The number of carbonyl (C=O) groups is 2. The van der Waals surface area contributed by atoms with Crippen molar-refractivity contribution < 1.29 is 18.7 Å². The Morgan fingerprint density at radius 2 is 1.96 bits per heavy atom. The molecule has 158 valence electrons. The van der Waals surface area contributed by atoms with Crippen LogP contribution in [0.2, 0.25) is 0 Å². The van der Waals surface area contributed by atoms with Crippen molar-refractivity contribution in [3.05, 3.63) is 0 Å². The SMILES string of the molecule is CC(C)(C)OC(=O)N1CC[C@@H]1C(=O)NC1NC2CCC3CC(F)CCC3C2S1. The molecule has 2 saturated heterocycles. The Hall–Kier alpha value is -1.02. The summed E-state index contributed by atoms with van der Waals surface area (Å²) in [6.45, 7) is 6.02. The standard InChI is InChI=1S/C20H32FN3O3S/c1-20(2,3)27-19(26)24-9-8-15(24)17(25)23-18-22-14-7-4-11-10-12(21)5-6-13(11)16(14)28-18/h11-16,18,22H,4-10H2,1-3H3,(H,23,25)/t11?,12?,13?,14?,15-,16?,18?/m1/s1. The smallest absolute Gasteiger partial charge is 0.410 e. The minimum atomic E-state index is -0.634. The van der Waals surface area contributed by atoms with Crippen LogP contribution in [0.5, 0.6) is 0 Å². The minimum Gasteiger partial charge on any atom is -0.444 e. The highest BCUT2D eigenvalue weighted by Gasteiger charge is 2.48. The molecule has 0 spiro atoms. The second kappa shape index (κ2) is 7.67. The van der Waals surface area contributed by atoms with Gasteiger partial charge in [0, 0.05) is 17.8 Å². The lowest BCUT2D eigenvalue weighted by Gasteiger charge is -2.42. The lowest BCUT2D eigenvalue weighted by Crippen LogP contribution is -2.61. The van der Waals surface area contributed by atoms with Crippen molar-refractivity contribution in [1.29, 1.82) is 0 Å². The molecule has 0 aromatic heterocycles. The molecule has 4 aliphatic rings. The van der Waals surface area contributed by atoms with Gasteiger partial charge in [-0.1, -0.05) is 0 Å². The number of rotatable bonds is 2. The number of carbonyl (C=O) groups excluding carboxylic acids is 2. The quantitative estimate of drug-likeness (QED) is 0.728. The van der Waals surface area contributed by atoms with Crippen molar-refractivity contribution in [2.75, 3.05) is 6.54 Å². The average molecular weight is 414 g/mol. The molecule has 7 atom stereocenters. The minimum absolute atomic E-state index is 0.121. The van der Waals surface area contributed by atoms with Crippen LogP contribution < -0.4 is 10.6 Å². The summed E-state index contributed by atoms with van der Waals surface area (Å²) >= 11 is 1.78. The van der Waals surface area contributed by atoms with Gasteiger partial charge in [0.25, 0.3) is 0 Å². The third-order valence-electron chi connectivity index (χ3n) is 6.53. The number of likely N-dealkylation sites (tertiary alicyclic amines) is 1. The largest absolute Gasteiger partial charge is 0.444 e. The van der Waals surface area contributed by atoms with E-state index in [-0.39, 0.29) is 11.4 Å². The van der Waals surface area contributed by atoms with E-state index in [1.165, 1.54) is 4.90 Å². The maximum atomic E-state index is 13.8. The molecule has 6 nitrogen and oxygen atoms in total. The predicted molar refractivity (Wildman–Crippen MR) is 107 cm³/mol. The predicted octanol–water partition coefficient (Wildman–Crippen LogP) is 3.02. The Bertz CT molecular complexity index is 628.